The molecule has 1 saturated heterocycles. The number of carboxylic acid groups (broad SMARTS) is 1. The zero-order valence-electron chi connectivity index (χ0n) is 13.7. The topological polar surface area (TPSA) is 75.6 Å². The maximum atomic E-state index is 11.5. The second kappa shape index (κ2) is 7.29. The van der Waals surface area contributed by atoms with Gasteiger partial charge in [-0.05, 0) is 50.5 Å². The van der Waals surface area contributed by atoms with Crippen LogP contribution in [0.2, 0.25) is 0 Å². The van der Waals surface area contributed by atoms with E-state index in [1.807, 2.05) is 36.1 Å². The van der Waals surface area contributed by atoms with Gasteiger partial charge in [-0.2, -0.15) is 0 Å². The molecule has 1 fully saturated rings. The summed E-state index contributed by atoms with van der Waals surface area (Å²) in [5.74, 6) is 0.846. The molecule has 0 amide bonds. The molecule has 1 aliphatic rings. The molecule has 1 aromatic carbocycles. The van der Waals surface area contributed by atoms with E-state index in [2.05, 4.69) is 9.97 Å². The summed E-state index contributed by atoms with van der Waals surface area (Å²) < 4.78 is 5.44. The van der Waals surface area contributed by atoms with Crippen molar-refractivity contribution in [3.05, 3.63) is 36.0 Å². The maximum Gasteiger partial charge on any atom is 0.341 e. The summed E-state index contributed by atoms with van der Waals surface area (Å²) in [5, 5.41) is 9.43. The summed E-state index contributed by atoms with van der Waals surface area (Å²) in [5.41, 5.74) is 1.00. The highest BCUT2D eigenvalue weighted by atomic mass is 16.5. The van der Waals surface area contributed by atoms with E-state index in [0.29, 0.717) is 18.2 Å². The van der Waals surface area contributed by atoms with Crippen molar-refractivity contribution in [1.82, 2.24) is 9.97 Å². The number of nitrogens with zero attached hydrogens (tertiary/aromatic N) is 3. The van der Waals surface area contributed by atoms with Gasteiger partial charge >= 0.3 is 5.97 Å². The van der Waals surface area contributed by atoms with Crippen molar-refractivity contribution in [2.24, 2.45) is 0 Å². The highest BCUT2D eigenvalue weighted by Gasteiger charge is 2.21. The Morgan fingerprint density at radius 2 is 1.92 bits per heavy atom. The van der Waals surface area contributed by atoms with Crippen LogP contribution in [0.4, 0.5) is 5.82 Å². The average Bonchev–Trinajstić information content (AvgIpc) is 2.63. The fourth-order valence-electron chi connectivity index (χ4n) is 2.88. The fraction of sp³-hybridized carbons (Fsp3) is 0.389. The van der Waals surface area contributed by atoms with Crippen LogP contribution in [0.5, 0.6) is 5.75 Å². The summed E-state index contributed by atoms with van der Waals surface area (Å²) in [6, 6.07) is 7.52. The largest absolute Gasteiger partial charge is 0.494 e. The first kappa shape index (κ1) is 16.2. The van der Waals surface area contributed by atoms with Gasteiger partial charge in [-0.3, -0.25) is 0 Å². The molecule has 0 spiro atoms. The first-order chi connectivity index (χ1) is 11.7. The minimum atomic E-state index is -0.992. The van der Waals surface area contributed by atoms with Crippen molar-refractivity contribution in [3.8, 4) is 17.1 Å². The van der Waals surface area contributed by atoms with Crippen LogP contribution in [-0.2, 0) is 0 Å². The average molecular weight is 327 g/mol. The molecular weight excluding hydrogens is 306 g/mol. The highest BCUT2D eigenvalue weighted by molar-refractivity contribution is 5.93. The molecule has 6 heteroatoms. The summed E-state index contributed by atoms with van der Waals surface area (Å²) in [4.78, 5) is 22.4. The van der Waals surface area contributed by atoms with Crippen molar-refractivity contribution < 1.29 is 14.6 Å². The molecule has 6 nitrogen and oxygen atoms in total. The third-order valence-corrected chi connectivity index (χ3v) is 4.08. The van der Waals surface area contributed by atoms with Crippen LogP contribution in [0.15, 0.2) is 30.5 Å². The number of rotatable bonds is 5. The zero-order chi connectivity index (χ0) is 16.9. The van der Waals surface area contributed by atoms with Gasteiger partial charge in [-0.25, -0.2) is 14.8 Å². The van der Waals surface area contributed by atoms with Gasteiger partial charge in [0.05, 0.1) is 6.61 Å². The molecule has 0 bridgehead atoms. The Hall–Kier alpha value is -2.63. The van der Waals surface area contributed by atoms with E-state index in [0.717, 1.165) is 37.2 Å². The molecule has 0 atom stereocenters. The Morgan fingerprint density at radius 1 is 1.21 bits per heavy atom. The number of carboxylic acids is 1. The molecule has 126 valence electrons. The number of ether oxygens (including phenoxy) is 1. The van der Waals surface area contributed by atoms with Gasteiger partial charge in [0.25, 0.3) is 0 Å². The monoisotopic (exact) mass is 327 g/mol. The molecule has 0 aliphatic carbocycles. The molecule has 3 rings (SSSR count). The number of benzene rings is 1. The molecule has 0 saturated carbocycles. The fourth-order valence-corrected chi connectivity index (χ4v) is 2.88. The van der Waals surface area contributed by atoms with Crippen LogP contribution in [0.3, 0.4) is 0 Å². The highest BCUT2D eigenvalue weighted by Crippen LogP contribution is 2.26. The van der Waals surface area contributed by atoms with E-state index in [1.54, 1.807) is 0 Å². The van der Waals surface area contributed by atoms with Crippen LogP contribution in [0.25, 0.3) is 11.4 Å². The third kappa shape index (κ3) is 3.48. The third-order valence-electron chi connectivity index (χ3n) is 4.08. The maximum absolute atomic E-state index is 11.5. The normalized spacial score (nSPS) is 14.5. The smallest absolute Gasteiger partial charge is 0.341 e. The van der Waals surface area contributed by atoms with Crippen LogP contribution >= 0.6 is 0 Å². The number of piperidine rings is 1. The number of aromatic carboxylic acids is 1. The van der Waals surface area contributed by atoms with Gasteiger partial charge in [-0.15, -0.1) is 0 Å². The second-order valence-electron chi connectivity index (χ2n) is 5.74. The van der Waals surface area contributed by atoms with Crippen LogP contribution in [0.1, 0.15) is 36.5 Å². The van der Waals surface area contributed by atoms with Crippen molar-refractivity contribution in [2.45, 2.75) is 26.2 Å². The van der Waals surface area contributed by atoms with E-state index in [9.17, 15) is 9.90 Å². The van der Waals surface area contributed by atoms with Gasteiger partial charge < -0.3 is 14.7 Å². The summed E-state index contributed by atoms with van der Waals surface area (Å²) in [6.45, 7) is 4.22. The van der Waals surface area contributed by atoms with Gasteiger partial charge in [0.1, 0.15) is 17.1 Å². The van der Waals surface area contributed by atoms with Crippen molar-refractivity contribution in [3.63, 3.8) is 0 Å². The van der Waals surface area contributed by atoms with Crippen LogP contribution in [-0.4, -0.2) is 40.7 Å². The molecule has 2 aromatic rings. The minimum Gasteiger partial charge on any atom is -0.494 e. The minimum absolute atomic E-state index is 0.159. The van der Waals surface area contributed by atoms with E-state index in [4.69, 9.17) is 4.74 Å². The van der Waals surface area contributed by atoms with Gasteiger partial charge in [0.15, 0.2) is 5.82 Å². The molecule has 24 heavy (non-hydrogen) atoms. The quantitative estimate of drug-likeness (QED) is 0.908. The zero-order valence-corrected chi connectivity index (χ0v) is 13.7. The SMILES string of the molecule is CCOc1ccc(-c2ncc(C(=O)O)c(N3CCCCC3)n2)cc1. The number of anilines is 1. The van der Waals surface area contributed by atoms with Crippen molar-refractivity contribution in [2.75, 3.05) is 24.6 Å². The molecule has 1 N–H and O–H groups in total. The lowest BCUT2D eigenvalue weighted by Crippen LogP contribution is -2.32. The summed E-state index contributed by atoms with van der Waals surface area (Å²) >= 11 is 0. The first-order valence-electron chi connectivity index (χ1n) is 8.27. The number of carbonyl (C=O) groups is 1. The number of aromatic nitrogens is 2. The Bertz CT molecular complexity index is 710. The standard InChI is InChI=1S/C18H21N3O3/c1-2-24-14-8-6-13(7-9-14)16-19-12-15(18(22)23)17(20-16)21-10-4-3-5-11-21/h6-9,12H,2-5,10-11H2,1H3,(H,22,23). The van der Waals surface area contributed by atoms with Crippen LogP contribution in [0, 0.1) is 0 Å². The van der Waals surface area contributed by atoms with E-state index in [1.165, 1.54) is 12.6 Å². The molecular formula is C18H21N3O3. The van der Waals surface area contributed by atoms with Crippen molar-refractivity contribution in [1.29, 1.82) is 0 Å². The first-order valence-corrected chi connectivity index (χ1v) is 8.27. The van der Waals surface area contributed by atoms with E-state index >= 15 is 0 Å². The Kier molecular flexibility index (Phi) is 4.93. The lowest BCUT2D eigenvalue weighted by molar-refractivity contribution is 0.0696. The van der Waals surface area contributed by atoms with E-state index in [-0.39, 0.29) is 5.56 Å². The summed E-state index contributed by atoms with van der Waals surface area (Å²) in [7, 11) is 0. The summed E-state index contributed by atoms with van der Waals surface area (Å²) in [6.07, 6.45) is 4.70. The number of hydrogen-bond donors (Lipinski definition) is 1. The Labute approximate surface area is 141 Å². The van der Waals surface area contributed by atoms with Crippen molar-refractivity contribution >= 4 is 11.8 Å². The second-order valence-corrected chi connectivity index (χ2v) is 5.74. The molecule has 2 heterocycles. The van der Waals surface area contributed by atoms with Gasteiger partial charge in [0, 0.05) is 24.8 Å². The molecule has 1 aromatic heterocycles. The lowest BCUT2D eigenvalue weighted by atomic mass is 10.1. The lowest BCUT2D eigenvalue weighted by Gasteiger charge is -2.28. The molecule has 1 aliphatic heterocycles. The number of hydrogen-bond acceptors (Lipinski definition) is 5. The van der Waals surface area contributed by atoms with Gasteiger partial charge in [0.2, 0.25) is 0 Å². The van der Waals surface area contributed by atoms with Gasteiger partial charge in [-0.1, -0.05) is 0 Å². The molecule has 0 unspecified atom stereocenters. The van der Waals surface area contributed by atoms with E-state index < -0.39 is 5.97 Å². The Balaban J connectivity index is 1.95. The molecule has 0 radical (unpaired) electrons. The van der Waals surface area contributed by atoms with Crippen LogP contribution < -0.4 is 9.64 Å². The predicted molar refractivity (Wildman–Crippen MR) is 91.7 cm³/mol. The predicted octanol–water partition coefficient (Wildman–Crippen LogP) is 3.23. The Morgan fingerprint density at radius 3 is 2.54 bits per heavy atom.